The molecule has 0 N–H and O–H groups in total. The number of para-hydroxylation sites is 3. The first-order chi connectivity index (χ1) is 39.1. The summed E-state index contributed by atoms with van der Waals surface area (Å²) in [6, 6.07) is 62.5. The van der Waals surface area contributed by atoms with E-state index in [4.69, 9.17) is 9.72 Å². The van der Waals surface area contributed by atoms with Crippen molar-refractivity contribution in [3.8, 4) is 50.7 Å². The number of fused-ring (bicyclic) bond motifs is 4. The first kappa shape index (κ1) is 59.6. The molecule has 0 saturated heterocycles. The summed E-state index contributed by atoms with van der Waals surface area (Å²) in [7, 11) is 0. The van der Waals surface area contributed by atoms with Crippen molar-refractivity contribution in [3.05, 3.63) is 215 Å². The molecule has 11 rings (SSSR count). The Labute approximate surface area is 510 Å². The zero-order valence-corrected chi connectivity index (χ0v) is 53.7. The molecule has 3 heterocycles. The normalized spacial score (nSPS) is 13.0. The fourth-order valence-electron chi connectivity index (χ4n) is 11.5. The summed E-state index contributed by atoms with van der Waals surface area (Å²) < 4.78 is 45.0. The quantitative estimate of drug-likeness (QED) is 0.101. The van der Waals surface area contributed by atoms with E-state index in [1.54, 1.807) is 0 Å². The maximum absolute atomic E-state index is 15.8. The number of nitrogens with zero attached hydrogens (tertiary/aromatic N) is 4. The summed E-state index contributed by atoms with van der Waals surface area (Å²) in [5.41, 5.74) is 16.3. The van der Waals surface area contributed by atoms with Gasteiger partial charge in [-0.3, -0.25) is 0 Å². The molecule has 0 saturated carbocycles. The predicted molar refractivity (Wildman–Crippen MR) is 343 cm³/mol. The van der Waals surface area contributed by atoms with E-state index < -0.39 is 11.6 Å². The average Bonchev–Trinajstić information content (AvgIpc) is 1.75. The fraction of sp³-hybridized carbons (Fsp3) is 0.289. The molecule has 0 bridgehead atoms. The minimum absolute atomic E-state index is 0. The van der Waals surface area contributed by atoms with Gasteiger partial charge in [-0.1, -0.05) is 200 Å². The van der Waals surface area contributed by atoms with Gasteiger partial charge in [-0.2, -0.15) is 6.07 Å². The van der Waals surface area contributed by atoms with Crippen molar-refractivity contribution < 1.29 is 34.6 Å². The number of hydrogen-bond acceptors (Lipinski definition) is 2. The summed E-state index contributed by atoms with van der Waals surface area (Å²) in [4.78, 5) is 4.94. The third-order valence-corrected chi connectivity index (χ3v) is 16.3. The Balaban J connectivity index is 0.00000786. The Morgan fingerprint density at radius 3 is 1.63 bits per heavy atom. The minimum atomic E-state index is -0.652. The second kappa shape index (κ2) is 22.1. The number of benzene rings is 8. The number of rotatable bonds is 10. The van der Waals surface area contributed by atoms with Crippen LogP contribution in [0.15, 0.2) is 158 Å². The molecule has 0 unspecified atom stereocenters. The van der Waals surface area contributed by atoms with E-state index in [0.29, 0.717) is 28.3 Å². The van der Waals surface area contributed by atoms with Gasteiger partial charge < -0.3 is 9.30 Å². The van der Waals surface area contributed by atoms with Crippen LogP contribution >= 0.6 is 0 Å². The summed E-state index contributed by atoms with van der Waals surface area (Å²) >= 11 is 0. The van der Waals surface area contributed by atoms with Gasteiger partial charge in [0.1, 0.15) is 23.1 Å². The first-order valence-corrected chi connectivity index (χ1v) is 29.2. The van der Waals surface area contributed by atoms with E-state index in [0.717, 1.165) is 78.6 Å². The van der Waals surface area contributed by atoms with Gasteiger partial charge in [0, 0.05) is 41.4 Å². The molecule has 5 nitrogen and oxygen atoms in total. The number of halogens is 2. The molecular formula is C76H76F2N4OPt+2. The number of ether oxygens (including phenoxy) is 1. The third-order valence-electron chi connectivity index (χ3n) is 16.3. The van der Waals surface area contributed by atoms with E-state index in [9.17, 15) is 0 Å². The van der Waals surface area contributed by atoms with Crippen LogP contribution in [0, 0.1) is 23.8 Å². The maximum Gasteiger partial charge on any atom is 2.00 e. The molecule has 0 radical (unpaired) electrons. The van der Waals surface area contributed by atoms with Crippen LogP contribution in [0.2, 0.25) is 0 Å². The minimum Gasteiger partial charge on any atom is -0.509 e. The van der Waals surface area contributed by atoms with Crippen molar-refractivity contribution in [1.29, 1.82) is 0 Å². The standard InChI is InChI=1S/C76H76F2N4O.Pt/c1-46(2)60-23-21-24-61(47(3)4)71(60)50-36-57(43-59(37-50)83-58-28-29-63-62-22-17-18-25-66(62)82(69(63)44-58)70-41-51(30-31-79-70)73(5,6)7)80-45-81(68-27-20-19-26-67(68)80)72-64(48-32-52(74(8,9)10)38-53(33-48)75(11,12)13)39-54(76(14,15)16)40-65(72)49-34-55(77)42-56(78)35-49;/h17-42,46-47H,1-16H3;/q;+2. The Morgan fingerprint density at radius 2 is 1.05 bits per heavy atom. The maximum atomic E-state index is 15.8. The monoisotopic (exact) mass is 1290 g/mol. The molecule has 1 aliphatic heterocycles. The van der Waals surface area contributed by atoms with Gasteiger partial charge in [0.05, 0.1) is 11.1 Å². The fourth-order valence-corrected chi connectivity index (χ4v) is 11.5. The Hall–Kier alpha value is -7.56. The SMILES string of the molecule is CC(C)c1cccc(C(C)C)c1-c1cc(Oc2[c-]c3c(cc2)c2ccccc2n3-c2cc(C(C)(C)C)ccn2)[c-]c([N+]2=C=[N+](c3c(-c4cc(F)cc(F)c4)cc(C(C)(C)C)cc3-c3cc(C(C)(C)C)cc(C(C)(C)C)c3)c3ccccc32)c1.[Pt+2]. The zero-order valence-electron chi connectivity index (χ0n) is 51.4. The number of hydrogen-bond donors (Lipinski definition) is 0. The Kier molecular flexibility index (Phi) is 15.7. The summed E-state index contributed by atoms with van der Waals surface area (Å²) in [5, 5.41) is 2.13. The molecule has 0 amide bonds. The van der Waals surface area contributed by atoms with Gasteiger partial charge in [0.2, 0.25) is 5.69 Å². The van der Waals surface area contributed by atoms with Crippen LogP contribution in [-0.2, 0) is 42.7 Å². The molecule has 8 aromatic carbocycles. The molecule has 2 aromatic heterocycles. The summed E-state index contributed by atoms with van der Waals surface area (Å²) in [6.07, 6.45) is 1.89. The van der Waals surface area contributed by atoms with Gasteiger partial charge >= 0.3 is 27.1 Å². The molecule has 1 aliphatic rings. The van der Waals surface area contributed by atoms with E-state index in [2.05, 4.69) is 258 Å². The molecular weight excluding hydrogens is 1220 g/mol. The first-order valence-electron chi connectivity index (χ1n) is 29.2. The molecule has 10 aromatic rings. The van der Waals surface area contributed by atoms with Crippen LogP contribution in [0.5, 0.6) is 11.5 Å². The van der Waals surface area contributed by atoms with Gasteiger partial charge in [-0.05, 0) is 136 Å². The van der Waals surface area contributed by atoms with Gasteiger partial charge in [0.25, 0.3) is 11.4 Å². The average molecular weight is 1290 g/mol. The molecule has 0 aliphatic carbocycles. The Bertz CT molecular complexity index is 4220. The molecule has 0 fully saturated rings. The van der Waals surface area contributed by atoms with E-state index >= 15 is 8.78 Å². The van der Waals surface area contributed by atoms with E-state index in [1.807, 2.05) is 24.4 Å². The van der Waals surface area contributed by atoms with Crippen molar-refractivity contribution in [1.82, 2.24) is 18.7 Å². The topological polar surface area (TPSA) is 33.1 Å². The molecule has 0 spiro atoms. The Morgan fingerprint density at radius 1 is 0.500 bits per heavy atom. The van der Waals surface area contributed by atoms with E-state index in [-0.39, 0.29) is 54.6 Å². The van der Waals surface area contributed by atoms with Crippen molar-refractivity contribution in [2.24, 2.45) is 0 Å². The van der Waals surface area contributed by atoms with Gasteiger partial charge in [-0.15, -0.1) is 29.1 Å². The summed E-state index contributed by atoms with van der Waals surface area (Å²) in [6.45, 7) is 35.6. The summed E-state index contributed by atoms with van der Waals surface area (Å²) in [5.74, 6) is 0.937. The molecule has 8 heteroatoms. The van der Waals surface area contributed by atoms with Crippen LogP contribution in [0.25, 0.3) is 61.0 Å². The largest absolute Gasteiger partial charge is 2.00 e. The van der Waals surface area contributed by atoms with Crippen molar-refractivity contribution in [2.75, 3.05) is 0 Å². The van der Waals surface area contributed by atoms with Crippen LogP contribution in [0.1, 0.15) is 156 Å². The smallest absolute Gasteiger partial charge is 0.509 e. The van der Waals surface area contributed by atoms with Crippen LogP contribution < -0.4 is 13.9 Å². The zero-order chi connectivity index (χ0) is 59.2. The van der Waals surface area contributed by atoms with Crippen molar-refractivity contribution in [2.45, 2.75) is 144 Å². The second-order valence-electron chi connectivity index (χ2n) is 27.3. The molecule has 84 heavy (non-hydrogen) atoms. The number of aromatic nitrogens is 2. The van der Waals surface area contributed by atoms with Crippen LogP contribution in [0.3, 0.4) is 0 Å². The third kappa shape index (κ3) is 11.4. The predicted octanol–water partition coefficient (Wildman–Crippen LogP) is 21.1. The van der Waals surface area contributed by atoms with Crippen molar-refractivity contribution >= 4 is 50.6 Å². The van der Waals surface area contributed by atoms with Gasteiger partial charge in [-0.25, -0.2) is 13.8 Å². The van der Waals surface area contributed by atoms with E-state index in [1.165, 1.54) is 39.9 Å². The molecule has 428 valence electrons. The number of pyridine rings is 1. The van der Waals surface area contributed by atoms with Crippen molar-refractivity contribution in [3.63, 3.8) is 0 Å². The van der Waals surface area contributed by atoms with Crippen LogP contribution in [0.4, 0.5) is 31.5 Å². The second-order valence-corrected chi connectivity index (χ2v) is 27.3. The van der Waals surface area contributed by atoms with Crippen LogP contribution in [-0.4, -0.2) is 15.6 Å². The molecule has 0 atom stereocenters. The van der Waals surface area contributed by atoms with Gasteiger partial charge in [0.15, 0.2) is 0 Å².